The largest absolute Gasteiger partial charge is 0.497 e. The van der Waals surface area contributed by atoms with Gasteiger partial charge in [-0.25, -0.2) is 0 Å². The molecule has 1 aliphatic rings. The lowest BCUT2D eigenvalue weighted by Crippen LogP contribution is -2.17. The van der Waals surface area contributed by atoms with Crippen LogP contribution in [0.15, 0.2) is 54.9 Å². The lowest BCUT2D eigenvalue weighted by molar-refractivity contribution is -0.120. The number of amides is 1. The molecule has 5 heteroatoms. The number of para-hydroxylation sites is 1. The quantitative estimate of drug-likeness (QED) is 0.530. The Morgan fingerprint density at radius 1 is 0.962 bits per heavy atom. The first-order valence-corrected chi connectivity index (χ1v) is 8.75. The first-order chi connectivity index (χ1) is 12.8. The maximum Gasteiger partial charge on any atom is 0.228 e. The number of fused-ring (bicyclic) bond motifs is 2. The zero-order valence-corrected chi connectivity index (χ0v) is 14.4. The number of carbonyl (C=O) groups excluding carboxylic acids is 1. The van der Waals surface area contributed by atoms with E-state index in [0.717, 1.165) is 38.7 Å². The molecule has 1 fully saturated rings. The Kier molecular flexibility index (Phi) is 3.28. The third-order valence-electron chi connectivity index (χ3n) is 5.46. The Bertz CT molecular complexity index is 1120. The van der Waals surface area contributed by atoms with E-state index in [1.165, 1.54) is 0 Å². The van der Waals surface area contributed by atoms with Crippen LogP contribution >= 0.6 is 0 Å². The van der Waals surface area contributed by atoms with Gasteiger partial charge in [-0.2, -0.15) is 0 Å². The summed E-state index contributed by atoms with van der Waals surface area (Å²) < 4.78 is 5.39. The second-order valence-electron chi connectivity index (χ2n) is 6.77. The molecule has 0 radical (unpaired) electrons. The number of aromatic amines is 2. The van der Waals surface area contributed by atoms with Crippen LogP contribution in [0.25, 0.3) is 21.8 Å². The summed E-state index contributed by atoms with van der Waals surface area (Å²) >= 11 is 0. The van der Waals surface area contributed by atoms with Gasteiger partial charge in [-0.3, -0.25) is 4.79 Å². The third kappa shape index (κ3) is 2.13. The number of H-pyrrole nitrogens is 2. The number of carbonyl (C=O) groups is 1. The first-order valence-electron chi connectivity index (χ1n) is 8.75. The molecule has 5 rings (SSSR count). The molecule has 0 saturated carbocycles. The highest BCUT2D eigenvalue weighted by atomic mass is 16.5. The van der Waals surface area contributed by atoms with Crippen LogP contribution in [0.1, 0.15) is 23.0 Å². The highest BCUT2D eigenvalue weighted by Crippen LogP contribution is 2.42. The van der Waals surface area contributed by atoms with E-state index in [2.05, 4.69) is 21.4 Å². The zero-order chi connectivity index (χ0) is 17.7. The maximum absolute atomic E-state index is 12.7. The number of benzene rings is 2. The minimum atomic E-state index is -0.212. The average molecular weight is 345 g/mol. The fraction of sp³-hybridized carbons (Fsp3) is 0.190. The highest BCUT2D eigenvalue weighted by Gasteiger charge is 2.39. The molecule has 0 aliphatic carbocycles. The molecule has 3 N–H and O–H groups in total. The number of hydrogen-bond acceptors (Lipinski definition) is 2. The molecule has 2 atom stereocenters. The van der Waals surface area contributed by atoms with E-state index in [0.29, 0.717) is 6.54 Å². The van der Waals surface area contributed by atoms with E-state index in [4.69, 9.17) is 4.74 Å². The molecule has 1 aliphatic heterocycles. The van der Waals surface area contributed by atoms with Gasteiger partial charge in [-0.1, -0.05) is 18.2 Å². The maximum atomic E-state index is 12.7. The van der Waals surface area contributed by atoms with Crippen LogP contribution in [0.4, 0.5) is 0 Å². The Hall–Kier alpha value is -3.21. The van der Waals surface area contributed by atoms with E-state index in [9.17, 15) is 4.79 Å². The number of rotatable bonds is 3. The highest BCUT2D eigenvalue weighted by molar-refractivity contribution is 5.95. The van der Waals surface area contributed by atoms with Crippen LogP contribution in [0.3, 0.4) is 0 Å². The number of hydrogen-bond donors (Lipinski definition) is 3. The predicted molar refractivity (Wildman–Crippen MR) is 102 cm³/mol. The Labute approximate surface area is 150 Å². The van der Waals surface area contributed by atoms with Crippen LogP contribution in [-0.2, 0) is 4.79 Å². The van der Waals surface area contributed by atoms with Crippen molar-refractivity contribution in [2.75, 3.05) is 13.7 Å². The molecule has 130 valence electrons. The molecule has 2 aromatic heterocycles. The smallest absolute Gasteiger partial charge is 0.228 e. The number of methoxy groups -OCH3 is 1. The van der Waals surface area contributed by atoms with Crippen molar-refractivity contribution in [2.24, 2.45) is 0 Å². The summed E-state index contributed by atoms with van der Waals surface area (Å²) in [4.78, 5) is 19.4. The summed E-state index contributed by atoms with van der Waals surface area (Å²) in [6.07, 6.45) is 4.00. The second kappa shape index (κ2) is 5.66. The molecular weight excluding hydrogens is 326 g/mol. The monoisotopic (exact) mass is 345 g/mol. The summed E-state index contributed by atoms with van der Waals surface area (Å²) in [5, 5.41) is 5.27. The standard InChI is InChI=1S/C21H19N3O2/c1-26-12-6-7-19-14(8-12)15(9-22-19)17-11-24-21(25)20(17)16-10-23-18-5-3-2-4-13(16)18/h2-10,17,20,22-23H,11H2,1H3,(H,24,25). The molecule has 2 unspecified atom stereocenters. The van der Waals surface area contributed by atoms with Gasteiger partial charge < -0.3 is 20.0 Å². The fourth-order valence-electron chi connectivity index (χ4n) is 4.17. The third-order valence-corrected chi connectivity index (χ3v) is 5.46. The predicted octanol–water partition coefficient (Wildman–Crippen LogP) is 3.66. The van der Waals surface area contributed by atoms with E-state index < -0.39 is 0 Å². The SMILES string of the molecule is COc1ccc2[nH]cc(C3CNC(=O)C3c3c[nH]c4ccccc34)c2c1. The topological polar surface area (TPSA) is 69.9 Å². The molecule has 1 saturated heterocycles. The van der Waals surface area contributed by atoms with Crippen molar-refractivity contribution < 1.29 is 9.53 Å². The molecule has 1 amide bonds. The fourth-order valence-corrected chi connectivity index (χ4v) is 4.17. The zero-order valence-electron chi connectivity index (χ0n) is 14.4. The first kappa shape index (κ1) is 15.1. The van der Waals surface area contributed by atoms with Crippen LogP contribution < -0.4 is 10.1 Å². The lowest BCUT2D eigenvalue weighted by Gasteiger charge is -2.16. The molecule has 26 heavy (non-hydrogen) atoms. The van der Waals surface area contributed by atoms with Gasteiger partial charge in [0.1, 0.15) is 5.75 Å². The number of aromatic nitrogens is 2. The van der Waals surface area contributed by atoms with Crippen molar-refractivity contribution in [1.82, 2.24) is 15.3 Å². The van der Waals surface area contributed by atoms with Gasteiger partial charge in [0, 0.05) is 46.7 Å². The summed E-state index contributed by atoms with van der Waals surface area (Å²) in [6.45, 7) is 0.632. The minimum absolute atomic E-state index is 0.0718. The van der Waals surface area contributed by atoms with Crippen molar-refractivity contribution in [1.29, 1.82) is 0 Å². The Morgan fingerprint density at radius 2 is 1.73 bits per heavy atom. The van der Waals surface area contributed by atoms with Gasteiger partial charge in [0.15, 0.2) is 0 Å². The summed E-state index contributed by atoms with van der Waals surface area (Å²) in [5.74, 6) is 0.759. The van der Waals surface area contributed by atoms with Gasteiger partial charge >= 0.3 is 0 Å². The van der Waals surface area contributed by atoms with Gasteiger partial charge in [-0.15, -0.1) is 0 Å². The molecule has 3 heterocycles. The van der Waals surface area contributed by atoms with E-state index in [-0.39, 0.29) is 17.7 Å². The average Bonchev–Trinajstić information content (AvgIpc) is 3.37. The van der Waals surface area contributed by atoms with E-state index in [1.54, 1.807) is 7.11 Å². The van der Waals surface area contributed by atoms with Gasteiger partial charge in [0.05, 0.1) is 13.0 Å². The van der Waals surface area contributed by atoms with Crippen LogP contribution in [0, 0.1) is 0 Å². The number of nitrogens with one attached hydrogen (secondary N) is 3. The van der Waals surface area contributed by atoms with E-state index in [1.807, 2.05) is 48.8 Å². The molecule has 0 spiro atoms. The Balaban J connectivity index is 1.66. The lowest BCUT2D eigenvalue weighted by atomic mass is 9.83. The molecule has 4 aromatic rings. The van der Waals surface area contributed by atoms with Gasteiger partial charge in [0.2, 0.25) is 5.91 Å². The summed E-state index contributed by atoms with van der Waals surface area (Å²) in [7, 11) is 1.67. The normalized spacial score (nSPS) is 20.0. The van der Waals surface area contributed by atoms with Gasteiger partial charge in [0.25, 0.3) is 0 Å². The van der Waals surface area contributed by atoms with Crippen molar-refractivity contribution in [2.45, 2.75) is 11.8 Å². The van der Waals surface area contributed by atoms with Gasteiger partial charge in [-0.05, 0) is 35.4 Å². The van der Waals surface area contributed by atoms with Crippen LogP contribution in [-0.4, -0.2) is 29.5 Å². The van der Waals surface area contributed by atoms with Crippen molar-refractivity contribution in [3.05, 3.63) is 66.0 Å². The summed E-state index contributed by atoms with van der Waals surface area (Å²) in [6, 6.07) is 14.1. The van der Waals surface area contributed by atoms with Crippen molar-refractivity contribution in [3.63, 3.8) is 0 Å². The van der Waals surface area contributed by atoms with Crippen molar-refractivity contribution >= 4 is 27.7 Å². The van der Waals surface area contributed by atoms with Crippen molar-refractivity contribution in [3.8, 4) is 5.75 Å². The summed E-state index contributed by atoms with van der Waals surface area (Å²) in [5.41, 5.74) is 4.31. The van der Waals surface area contributed by atoms with Crippen LogP contribution in [0.5, 0.6) is 5.75 Å². The Morgan fingerprint density at radius 3 is 2.58 bits per heavy atom. The second-order valence-corrected chi connectivity index (χ2v) is 6.77. The number of ether oxygens (including phenoxy) is 1. The van der Waals surface area contributed by atoms with E-state index >= 15 is 0 Å². The molecule has 0 bridgehead atoms. The van der Waals surface area contributed by atoms with Crippen LogP contribution in [0.2, 0.25) is 0 Å². The minimum Gasteiger partial charge on any atom is -0.497 e. The molecule has 5 nitrogen and oxygen atoms in total. The molecule has 2 aromatic carbocycles. The molecular formula is C21H19N3O2.